The maximum Gasteiger partial charge on any atom is 0.389 e. The first-order valence-electron chi connectivity index (χ1n) is 5.43. The molecule has 2 N–H and O–H groups in total. The Morgan fingerprint density at radius 2 is 1.74 bits per heavy atom. The van der Waals surface area contributed by atoms with Crippen molar-refractivity contribution in [3.05, 3.63) is 29.8 Å². The summed E-state index contributed by atoms with van der Waals surface area (Å²) >= 11 is 0. The standard InChI is InChI=1S/C12H12F3NO3/c13-12(14,15)6-5-10(17)16-9-3-1-8(2-4-9)7-11(18)19/h1-4H,5-7H2,(H,16,17)(H,18,19). The Kier molecular flexibility index (Phi) is 4.91. The van der Waals surface area contributed by atoms with E-state index in [9.17, 15) is 22.8 Å². The van der Waals surface area contributed by atoms with Gasteiger partial charge in [-0.25, -0.2) is 0 Å². The number of halogens is 3. The van der Waals surface area contributed by atoms with Gasteiger partial charge in [-0.1, -0.05) is 12.1 Å². The minimum Gasteiger partial charge on any atom is -0.481 e. The number of amides is 1. The number of aliphatic carboxylic acids is 1. The highest BCUT2D eigenvalue weighted by Crippen LogP contribution is 2.21. The van der Waals surface area contributed by atoms with Crippen LogP contribution in [0.5, 0.6) is 0 Å². The summed E-state index contributed by atoms with van der Waals surface area (Å²) in [6.45, 7) is 0. The fourth-order valence-corrected chi connectivity index (χ4v) is 1.36. The molecule has 0 saturated heterocycles. The van der Waals surface area contributed by atoms with Gasteiger partial charge in [-0.3, -0.25) is 9.59 Å². The highest BCUT2D eigenvalue weighted by atomic mass is 19.4. The van der Waals surface area contributed by atoms with Gasteiger partial charge in [0, 0.05) is 12.1 Å². The second-order valence-corrected chi connectivity index (χ2v) is 3.93. The lowest BCUT2D eigenvalue weighted by Crippen LogP contribution is -2.16. The van der Waals surface area contributed by atoms with Crippen LogP contribution in [0.3, 0.4) is 0 Å². The van der Waals surface area contributed by atoms with Gasteiger partial charge in [0.25, 0.3) is 0 Å². The molecule has 0 spiro atoms. The Balaban J connectivity index is 2.49. The summed E-state index contributed by atoms with van der Waals surface area (Å²) < 4.78 is 35.7. The molecule has 1 aromatic carbocycles. The fourth-order valence-electron chi connectivity index (χ4n) is 1.36. The summed E-state index contributed by atoms with van der Waals surface area (Å²) in [7, 11) is 0. The summed E-state index contributed by atoms with van der Waals surface area (Å²) in [5.74, 6) is -1.72. The van der Waals surface area contributed by atoms with Gasteiger partial charge in [0.05, 0.1) is 12.8 Å². The first kappa shape index (κ1) is 15.0. The molecule has 0 bridgehead atoms. The fraction of sp³-hybridized carbons (Fsp3) is 0.333. The number of carbonyl (C=O) groups excluding carboxylic acids is 1. The van der Waals surface area contributed by atoms with Crippen molar-refractivity contribution in [2.45, 2.75) is 25.4 Å². The second-order valence-electron chi connectivity index (χ2n) is 3.93. The van der Waals surface area contributed by atoms with Gasteiger partial charge in [0.1, 0.15) is 0 Å². The largest absolute Gasteiger partial charge is 0.481 e. The molecular weight excluding hydrogens is 263 g/mol. The van der Waals surface area contributed by atoms with Crippen LogP contribution in [0.25, 0.3) is 0 Å². The lowest BCUT2D eigenvalue weighted by atomic mass is 10.1. The number of anilines is 1. The van der Waals surface area contributed by atoms with E-state index in [1.54, 1.807) is 0 Å². The number of hydrogen-bond acceptors (Lipinski definition) is 2. The van der Waals surface area contributed by atoms with Crippen molar-refractivity contribution >= 4 is 17.6 Å². The van der Waals surface area contributed by atoms with Crippen LogP contribution in [-0.4, -0.2) is 23.2 Å². The average molecular weight is 275 g/mol. The molecule has 104 valence electrons. The Morgan fingerprint density at radius 3 is 2.21 bits per heavy atom. The van der Waals surface area contributed by atoms with Crippen LogP contribution in [-0.2, 0) is 16.0 Å². The number of nitrogens with one attached hydrogen (secondary N) is 1. The molecule has 0 aromatic heterocycles. The highest BCUT2D eigenvalue weighted by molar-refractivity contribution is 5.90. The normalized spacial score (nSPS) is 11.1. The molecule has 0 radical (unpaired) electrons. The van der Waals surface area contributed by atoms with Crippen LogP contribution in [0, 0.1) is 0 Å². The van der Waals surface area contributed by atoms with E-state index >= 15 is 0 Å². The molecule has 0 aliphatic carbocycles. The van der Waals surface area contributed by atoms with Crippen molar-refractivity contribution in [3.63, 3.8) is 0 Å². The number of hydrogen-bond donors (Lipinski definition) is 2. The van der Waals surface area contributed by atoms with Gasteiger partial charge < -0.3 is 10.4 Å². The van der Waals surface area contributed by atoms with E-state index in [4.69, 9.17) is 5.11 Å². The third-order valence-corrected chi connectivity index (χ3v) is 2.23. The highest BCUT2D eigenvalue weighted by Gasteiger charge is 2.27. The van der Waals surface area contributed by atoms with Gasteiger partial charge in [0.2, 0.25) is 5.91 Å². The molecule has 4 nitrogen and oxygen atoms in total. The summed E-state index contributed by atoms with van der Waals surface area (Å²) in [6, 6.07) is 5.88. The van der Waals surface area contributed by atoms with Crippen LogP contribution in [0.15, 0.2) is 24.3 Å². The summed E-state index contributed by atoms with van der Waals surface area (Å²) in [6.07, 6.45) is -6.32. The van der Waals surface area contributed by atoms with Crippen molar-refractivity contribution in [2.24, 2.45) is 0 Å². The third kappa shape index (κ3) is 6.44. The van der Waals surface area contributed by atoms with Gasteiger partial charge in [-0.2, -0.15) is 13.2 Å². The number of carboxylic acids is 1. The van der Waals surface area contributed by atoms with Crippen LogP contribution in [0.1, 0.15) is 18.4 Å². The lowest BCUT2D eigenvalue weighted by molar-refractivity contribution is -0.142. The smallest absolute Gasteiger partial charge is 0.389 e. The molecule has 0 unspecified atom stereocenters. The maximum atomic E-state index is 11.9. The van der Waals surface area contributed by atoms with Crippen molar-refractivity contribution in [1.29, 1.82) is 0 Å². The predicted molar refractivity (Wildman–Crippen MR) is 61.7 cm³/mol. The molecule has 0 aliphatic rings. The summed E-state index contributed by atoms with van der Waals surface area (Å²) in [5, 5.41) is 10.9. The van der Waals surface area contributed by atoms with Gasteiger partial charge in [-0.05, 0) is 17.7 Å². The summed E-state index contributed by atoms with van der Waals surface area (Å²) in [5.41, 5.74) is 0.877. The maximum absolute atomic E-state index is 11.9. The van der Waals surface area contributed by atoms with Gasteiger partial charge >= 0.3 is 12.1 Å². The van der Waals surface area contributed by atoms with Gasteiger partial charge in [0.15, 0.2) is 0 Å². The number of benzene rings is 1. The zero-order chi connectivity index (χ0) is 14.5. The topological polar surface area (TPSA) is 66.4 Å². The number of alkyl halides is 3. The Bertz CT molecular complexity index is 454. The first-order valence-corrected chi connectivity index (χ1v) is 5.43. The van der Waals surface area contributed by atoms with E-state index in [2.05, 4.69) is 5.32 Å². The Hall–Kier alpha value is -2.05. The van der Waals surface area contributed by atoms with E-state index in [-0.39, 0.29) is 6.42 Å². The molecular formula is C12H12F3NO3. The zero-order valence-electron chi connectivity index (χ0n) is 9.83. The van der Waals surface area contributed by atoms with Crippen LogP contribution in [0.2, 0.25) is 0 Å². The molecule has 19 heavy (non-hydrogen) atoms. The zero-order valence-corrected chi connectivity index (χ0v) is 9.83. The molecule has 1 rings (SSSR count). The van der Waals surface area contributed by atoms with Crippen molar-refractivity contribution < 1.29 is 27.9 Å². The van der Waals surface area contributed by atoms with E-state index in [1.807, 2.05) is 0 Å². The van der Waals surface area contributed by atoms with Crippen molar-refractivity contribution in [3.8, 4) is 0 Å². The monoisotopic (exact) mass is 275 g/mol. The van der Waals surface area contributed by atoms with Gasteiger partial charge in [-0.15, -0.1) is 0 Å². The minimum absolute atomic E-state index is 0.150. The third-order valence-electron chi connectivity index (χ3n) is 2.23. The number of rotatable bonds is 5. The van der Waals surface area contributed by atoms with Crippen molar-refractivity contribution in [2.75, 3.05) is 5.32 Å². The lowest BCUT2D eigenvalue weighted by Gasteiger charge is -2.07. The average Bonchev–Trinajstić information content (AvgIpc) is 2.28. The molecule has 0 saturated carbocycles. The molecule has 0 aliphatic heterocycles. The van der Waals surface area contributed by atoms with Crippen molar-refractivity contribution in [1.82, 2.24) is 0 Å². The molecule has 7 heteroatoms. The van der Waals surface area contributed by atoms with Crippen LogP contribution in [0.4, 0.5) is 18.9 Å². The van der Waals surface area contributed by atoms with E-state index in [0.717, 1.165) is 0 Å². The first-order chi connectivity index (χ1) is 8.76. The van der Waals surface area contributed by atoms with E-state index < -0.39 is 30.9 Å². The van der Waals surface area contributed by atoms with E-state index in [0.29, 0.717) is 11.3 Å². The molecule has 1 amide bonds. The SMILES string of the molecule is O=C(O)Cc1ccc(NC(=O)CCC(F)(F)F)cc1. The quantitative estimate of drug-likeness (QED) is 0.868. The number of carbonyl (C=O) groups is 2. The minimum atomic E-state index is -4.36. The van der Waals surface area contributed by atoms with Crippen LogP contribution >= 0.6 is 0 Å². The molecule has 0 atom stereocenters. The molecule has 1 aromatic rings. The Morgan fingerprint density at radius 1 is 1.16 bits per heavy atom. The van der Waals surface area contributed by atoms with E-state index in [1.165, 1.54) is 24.3 Å². The second kappa shape index (κ2) is 6.21. The Labute approximate surface area is 107 Å². The summed E-state index contributed by atoms with van der Waals surface area (Å²) in [4.78, 5) is 21.7. The number of carboxylic acid groups (broad SMARTS) is 1. The predicted octanol–water partition coefficient (Wildman–Crippen LogP) is 2.59. The van der Waals surface area contributed by atoms with Crippen LogP contribution < -0.4 is 5.32 Å². The molecule has 0 fully saturated rings. The molecule has 0 heterocycles.